The van der Waals surface area contributed by atoms with Gasteiger partial charge < -0.3 is 20.7 Å². The molecule has 3 aromatic carbocycles. The molecule has 5 rings (SSSR count). The molecule has 0 fully saturated rings. The Bertz CT molecular complexity index is 1590. The van der Waals surface area contributed by atoms with Crippen molar-refractivity contribution in [1.82, 2.24) is 19.9 Å². The molecule has 0 unspecified atom stereocenters. The summed E-state index contributed by atoms with van der Waals surface area (Å²) in [6.45, 7) is 0.961. The van der Waals surface area contributed by atoms with Crippen molar-refractivity contribution in [3.63, 3.8) is 0 Å². The number of amides is 2. The van der Waals surface area contributed by atoms with Gasteiger partial charge in [-0.3, -0.25) is 0 Å². The number of hydrogen-bond acceptors (Lipinski definition) is 5. The fourth-order valence-electron chi connectivity index (χ4n) is 3.93. The maximum Gasteiger partial charge on any atom is 0.319 e. The molecule has 10 heteroatoms. The quantitative estimate of drug-likeness (QED) is 0.186. The largest absolute Gasteiger partial charge is 0.495 e. The maximum atomic E-state index is 12.3. The van der Waals surface area contributed by atoms with Crippen LogP contribution in [0.3, 0.4) is 0 Å². The highest BCUT2D eigenvalue weighted by Crippen LogP contribution is 2.30. The van der Waals surface area contributed by atoms with Crippen LogP contribution in [0, 0.1) is 0 Å². The zero-order valence-corrected chi connectivity index (χ0v) is 22.8. The normalized spacial score (nSPS) is 10.8. The number of urea groups is 1. The van der Waals surface area contributed by atoms with Crippen LogP contribution >= 0.6 is 27.5 Å². The molecule has 0 saturated heterocycles. The van der Waals surface area contributed by atoms with Crippen molar-refractivity contribution < 1.29 is 9.53 Å². The highest BCUT2D eigenvalue weighted by atomic mass is 79.9. The summed E-state index contributed by atoms with van der Waals surface area (Å²) >= 11 is 9.97. The number of methoxy groups -OCH3 is 1. The van der Waals surface area contributed by atoms with E-state index in [0.29, 0.717) is 35.2 Å². The van der Waals surface area contributed by atoms with Gasteiger partial charge in [-0.05, 0) is 45.3 Å². The molecule has 8 nitrogen and oxygen atoms in total. The molecule has 0 aliphatic heterocycles. The van der Waals surface area contributed by atoms with Crippen LogP contribution in [-0.4, -0.2) is 27.7 Å². The molecule has 2 amide bonds. The van der Waals surface area contributed by atoms with Crippen molar-refractivity contribution in [2.24, 2.45) is 0 Å². The minimum atomic E-state index is -0.304. The third kappa shape index (κ3) is 5.74. The molecule has 3 N–H and O–H groups in total. The lowest BCUT2D eigenvalue weighted by atomic mass is 10.1. The number of anilines is 2. The first-order valence-corrected chi connectivity index (χ1v) is 13.0. The third-order valence-corrected chi connectivity index (χ3v) is 6.77. The Kier molecular flexibility index (Phi) is 7.76. The molecule has 0 aliphatic carbocycles. The van der Waals surface area contributed by atoms with Crippen LogP contribution in [0.25, 0.3) is 16.9 Å². The molecule has 38 heavy (non-hydrogen) atoms. The van der Waals surface area contributed by atoms with Crippen LogP contribution in [0.1, 0.15) is 11.1 Å². The molecule has 0 saturated carbocycles. The van der Waals surface area contributed by atoms with E-state index in [1.165, 1.54) is 0 Å². The first-order chi connectivity index (χ1) is 18.5. The molecule has 0 spiro atoms. The van der Waals surface area contributed by atoms with Crippen molar-refractivity contribution in [2.75, 3.05) is 17.7 Å². The standard InChI is InChI=1S/C28H24BrClN6O2/c1-38-25-9-5-4-8-23(25)35-28(37)32-16-19-12-10-18(11-13-19)15-31-26-14-24(20-6-2-3-7-22(20)30)34-27-21(29)17-33-36(26)27/h2-14,17,31H,15-16H2,1H3,(H2,32,35,37). The van der Waals surface area contributed by atoms with E-state index in [0.717, 1.165) is 32.7 Å². The van der Waals surface area contributed by atoms with E-state index >= 15 is 0 Å². The molecule has 0 radical (unpaired) electrons. The van der Waals surface area contributed by atoms with Crippen molar-refractivity contribution in [2.45, 2.75) is 13.1 Å². The van der Waals surface area contributed by atoms with Gasteiger partial charge in [0.25, 0.3) is 0 Å². The highest BCUT2D eigenvalue weighted by molar-refractivity contribution is 9.10. The lowest BCUT2D eigenvalue weighted by Crippen LogP contribution is -2.28. The van der Waals surface area contributed by atoms with Crippen LogP contribution < -0.4 is 20.7 Å². The van der Waals surface area contributed by atoms with Crippen LogP contribution in [0.2, 0.25) is 5.02 Å². The van der Waals surface area contributed by atoms with Crippen molar-refractivity contribution in [3.05, 3.63) is 106 Å². The lowest BCUT2D eigenvalue weighted by Gasteiger charge is -2.13. The summed E-state index contributed by atoms with van der Waals surface area (Å²) in [6.07, 6.45) is 1.72. The Morgan fingerprint density at radius 2 is 1.71 bits per heavy atom. The van der Waals surface area contributed by atoms with E-state index in [4.69, 9.17) is 21.3 Å². The number of fused-ring (bicyclic) bond motifs is 1. The van der Waals surface area contributed by atoms with Gasteiger partial charge in [-0.1, -0.05) is 66.2 Å². The van der Waals surface area contributed by atoms with E-state index in [9.17, 15) is 4.79 Å². The molecule has 5 aromatic rings. The number of carbonyl (C=O) groups excluding carboxylic acids is 1. The second-order valence-electron chi connectivity index (χ2n) is 8.41. The van der Waals surface area contributed by atoms with Gasteiger partial charge in [0.2, 0.25) is 0 Å². The zero-order valence-electron chi connectivity index (χ0n) is 20.4. The zero-order chi connectivity index (χ0) is 26.5. The van der Waals surface area contributed by atoms with E-state index < -0.39 is 0 Å². The fraction of sp³-hybridized carbons (Fsp3) is 0.107. The summed E-state index contributed by atoms with van der Waals surface area (Å²) in [5.74, 6) is 1.39. The summed E-state index contributed by atoms with van der Waals surface area (Å²) in [7, 11) is 1.57. The van der Waals surface area contributed by atoms with E-state index in [1.807, 2.05) is 66.7 Å². The number of rotatable bonds is 8. The van der Waals surface area contributed by atoms with Gasteiger partial charge in [0.05, 0.1) is 29.2 Å². The van der Waals surface area contributed by atoms with Gasteiger partial charge in [-0.2, -0.15) is 9.61 Å². The average Bonchev–Trinajstić information content (AvgIpc) is 3.32. The van der Waals surface area contributed by atoms with Crippen LogP contribution in [-0.2, 0) is 13.1 Å². The van der Waals surface area contributed by atoms with Gasteiger partial charge >= 0.3 is 6.03 Å². The first-order valence-electron chi connectivity index (χ1n) is 11.8. The van der Waals surface area contributed by atoms with Crippen molar-refractivity contribution in [3.8, 4) is 17.0 Å². The summed E-state index contributed by atoms with van der Waals surface area (Å²) in [6, 6.07) is 24.5. The number of nitrogens with zero attached hydrogens (tertiary/aromatic N) is 3. The fourth-order valence-corrected chi connectivity index (χ4v) is 4.51. The summed E-state index contributed by atoms with van der Waals surface area (Å²) < 4.78 is 7.82. The molecule has 0 atom stereocenters. The molecule has 0 aliphatic rings. The Morgan fingerprint density at radius 3 is 2.47 bits per heavy atom. The van der Waals surface area contributed by atoms with E-state index in [2.05, 4.69) is 37.0 Å². The van der Waals surface area contributed by atoms with Gasteiger partial charge in [0.1, 0.15) is 11.6 Å². The van der Waals surface area contributed by atoms with Gasteiger partial charge in [-0.15, -0.1) is 0 Å². The summed E-state index contributed by atoms with van der Waals surface area (Å²) in [5.41, 5.74) is 4.95. The summed E-state index contributed by atoms with van der Waals surface area (Å²) in [4.78, 5) is 17.1. The maximum absolute atomic E-state index is 12.3. The van der Waals surface area contributed by atoms with Crippen LogP contribution in [0.15, 0.2) is 89.5 Å². The molecule has 192 valence electrons. The van der Waals surface area contributed by atoms with Crippen molar-refractivity contribution in [1.29, 1.82) is 0 Å². The number of aromatic nitrogens is 3. The Balaban J connectivity index is 1.24. The summed E-state index contributed by atoms with van der Waals surface area (Å²) in [5, 5.41) is 14.2. The number of benzene rings is 3. The van der Waals surface area contributed by atoms with E-state index in [-0.39, 0.29) is 6.03 Å². The van der Waals surface area contributed by atoms with Gasteiger partial charge in [0, 0.05) is 29.7 Å². The molecule has 0 bridgehead atoms. The number of carbonyl (C=O) groups is 1. The topological polar surface area (TPSA) is 92.6 Å². The smallest absolute Gasteiger partial charge is 0.319 e. The molecular formula is C28H24BrClN6O2. The SMILES string of the molecule is COc1ccccc1NC(=O)NCc1ccc(CNc2cc(-c3ccccc3Cl)nc3c(Br)cnn23)cc1. The average molecular weight is 592 g/mol. The second kappa shape index (κ2) is 11.5. The third-order valence-electron chi connectivity index (χ3n) is 5.88. The monoisotopic (exact) mass is 590 g/mol. The number of hydrogen-bond donors (Lipinski definition) is 3. The number of ether oxygens (including phenoxy) is 1. The number of para-hydroxylation sites is 2. The van der Waals surface area contributed by atoms with Gasteiger partial charge in [-0.25, -0.2) is 9.78 Å². The van der Waals surface area contributed by atoms with Gasteiger partial charge in [0.15, 0.2) is 5.65 Å². The van der Waals surface area contributed by atoms with E-state index in [1.54, 1.807) is 30.0 Å². The number of nitrogens with one attached hydrogen (secondary N) is 3. The van der Waals surface area contributed by atoms with Crippen LogP contribution in [0.5, 0.6) is 5.75 Å². The predicted octanol–water partition coefficient (Wildman–Crippen LogP) is 6.75. The Hall–Kier alpha value is -4.08. The van der Waals surface area contributed by atoms with Crippen LogP contribution in [0.4, 0.5) is 16.3 Å². The molecular weight excluding hydrogens is 568 g/mol. The minimum absolute atomic E-state index is 0.304. The highest BCUT2D eigenvalue weighted by Gasteiger charge is 2.13. The predicted molar refractivity (Wildman–Crippen MR) is 154 cm³/mol. The Morgan fingerprint density at radius 1 is 1.00 bits per heavy atom. The first kappa shape index (κ1) is 25.6. The molecule has 2 aromatic heterocycles. The second-order valence-corrected chi connectivity index (χ2v) is 9.67. The molecule has 2 heterocycles. The lowest BCUT2D eigenvalue weighted by molar-refractivity contribution is 0.251. The van der Waals surface area contributed by atoms with Crippen molar-refractivity contribution >= 4 is 50.7 Å². The number of halogens is 2. The minimum Gasteiger partial charge on any atom is -0.495 e. The Labute approximate surface area is 233 Å².